The van der Waals surface area contributed by atoms with E-state index in [-0.39, 0.29) is 17.2 Å². The molecular weight excluding hydrogens is 398 g/mol. The van der Waals surface area contributed by atoms with Crippen LogP contribution in [0, 0.1) is 10.1 Å². The highest BCUT2D eigenvalue weighted by Gasteiger charge is 2.24. The van der Waals surface area contributed by atoms with Crippen LogP contribution >= 0.6 is 23.4 Å². The van der Waals surface area contributed by atoms with E-state index in [0.29, 0.717) is 22.6 Å². The van der Waals surface area contributed by atoms with Crippen LogP contribution in [-0.2, 0) is 0 Å². The smallest absolute Gasteiger partial charge is 0.284 e. The molecule has 0 radical (unpaired) electrons. The van der Waals surface area contributed by atoms with Crippen LogP contribution in [-0.4, -0.2) is 35.0 Å². The first kappa shape index (κ1) is 20.6. The van der Waals surface area contributed by atoms with Gasteiger partial charge in [-0.1, -0.05) is 36.4 Å². The fraction of sp³-hybridized carbons (Fsp3) is 0.350. The SMILES string of the molecule is CC[C@H]1CCCN1CNC(=O)c1ccc(Sc2cccc(Cl)c2)c([N+](=O)[O-])c1. The molecule has 8 heteroatoms. The van der Waals surface area contributed by atoms with Crippen molar-refractivity contribution in [3.63, 3.8) is 0 Å². The van der Waals surface area contributed by atoms with Gasteiger partial charge in [-0.2, -0.15) is 0 Å². The van der Waals surface area contributed by atoms with Crippen LogP contribution in [0.1, 0.15) is 36.5 Å². The van der Waals surface area contributed by atoms with Gasteiger partial charge in [-0.15, -0.1) is 0 Å². The van der Waals surface area contributed by atoms with E-state index in [1.807, 2.05) is 6.07 Å². The van der Waals surface area contributed by atoms with Gasteiger partial charge in [0, 0.05) is 34.1 Å². The van der Waals surface area contributed by atoms with Gasteiger partial charge >= 0.3 is 0 Å². The Bertz CT molecular complexity index is 878. The van der Waals surface area contributed by atoms with Crippen molar-refractivity contribution in [3.8, 4) is 0 Å². The molecule has 1 aliphatic rings. The van der Waals surface area contributed by atoms with Gasteiger partial charge in [0.25, 0.3) is 11.6 Å². The minimum Gasteiger partial charge on any atom is -0.339 e. The van der Waals surface area contributed by atoms with Crippen molar-refractivity contribution in [2.75, 3.05) is 13.2 Å². The molecule has 1 saturated heterocycles. The van der Waals surface area contributed by atoms with Crippen molar-refractivity contribution in [3.05, 3.63) is 63.2 Å². The first-order valence-corrected chi connectivity index (χ1v) is 10.4. The third-order valence-corrected chi connectivity index (χ3v) is 6.14. The topological polar surface area (TPSA) is 75.5 Å². The summed E-state index contributed by atoms with van der Waals surface area (Å²) in [7, 11) is 0. The minimum absolute atomic E-state index is 0.0924. The Morgan fingerprint density at radius 3 is 2.89 bits per heavy atom. The Morgan fingerprint density at radius 1 is 1.36 bits per heavy atom. The lowest BCUT2D eigenvalue weighted by Gasteiger charge is -2.23. The molecule has 1 atom stereocenters. The predicted octanol–water partition coefficient (Wildman–Crippen LogP) is 4.96. The van der Waals surface area contributed by atoms with Gasteiger partial charge in [-0.05, 0) is 49.6 Å². The van der Waals surface area contributed by atoms with Crippen LogP contribution in [0.25, 0.3) is 0 Å². The van der Waals surface area contributed by atoms with Crippen LogP contribution in [0.15, 0.2) is 52.3 Å². The molecule has 0 unspecified atom stereocenters. The zero-order valence-electron chi connectivity index (χ0n) is 15.6. The van der Waals surface area contributed by atoms with E-state index in [1.165, 1.54) is 17.8 Å². The lowest BCUT2D eigenvalue weighted by Crippen LogP contribution is -2.40. The van der Waals surface area contributed by atoms with Crippen LogP contribution in [0.2, 0.25) is 5.02 Å². The number of benzene rings is 2. The van der Waals surface area contributed by atoms with Crippen molar-refractivity contribution in [2.24, 2.45) is 0 Å². The molecule has 2 aromatic carbocycles. The van der Waals surface area contributed by atoms with Crippen LogP contribution in [0.3, 0.4) is 0 Å². The van der Waals surface area contributed by atoms with E-state index < -0.39 is 4.92 Å². The molecule has 2 aromatic rings. The van der Waals surface area contributed by atoms with Crippen LogP contribution in [0.4, 0.5) is 5.69 Å². The number of nitrogens with one attached hydrogen (secondary N) is 1. The summed E-state index contributed by atoms with van der Waals surface area (Å²) >= 11 is 7.23. The largest absolute Gasteiger partial charge is 0.339 e. The molecule has 1 aliphatic heterocycles. The Labute approximate surface area is 173 Å². The van der Waals surface area contributed by atoms with Crippen molar-refractivity contribution >= 4 is 35.0 Å². The highest BCUT2D eigenvalue weighted by atomic mass is 35.5. The molecule has 0 aliphatic carbocycles. The average molecular weight is 420 g/mol. The molecular formula is C20H22ClN3O3S. The Balaban J connectivity index is 1.72. The summed E-state index contributed by atoms with van der Waals surface area (Å²) in [5.41, 5.74) is 0.194. The summed E-state index contributed by atoms with van der Waals surface area (Å²) in [6.07, 6.45) is 3.33. The Hall–Kier alpha value is -2.09. The molecule has 0 spiro atoms. The number of nitro groups is 1. The number of nitro benzene ring substituents is 1. The van der Waals surface area contributed by atoms with E-state index in [0.717, 1.165) is 30.7 Å². The molecule has 0 aromatic heterocycles. The first-order valence-electron chi connectivity index (χ1n) is 9.22. The standard InChI is InChI=1S/C20H22ClN3O3S/c1-2-16-6-4-10-23(16)13-22-20(25)14-8-9-19(18(11-14)24(26)27)28-17-7-3-5-15(21)12-17/h3,5,7-9,11-12,16H,2,4,6,10,13H2,1H3,(H,22,25)/t16-/m0/s1. The molecule has 28 heavy (non-hydrogen) atoms. The number of nitrogens with zero attached hydrogens (tertiary/aromatic N) is 2. The number of rotatable bonds is 7. The highest BCUT2D eigenvalue weighted by molar-refractivity contribution is 7.99. The second kappa shape index (κ2) is 9.41. The minimum atomic E-state index is -0.461. The molecule has 1 heterocycles. The average Bonchev–Trinajstić information content (AvgIpc) is 3.14. The second-order valence-electron chi connectivity index (χ2n) is 6.68. The predicted molar refractivity (Wildman–Crippen MR) is 111 cm³/mol. The number of hydrogen-bond acceptors (Lipinski definition) is 5. The van der Waals surface area contributed by atoms with Gasteiger partial charge in [0.15, 0.2) is 0 Å². The number of carbonyl (C=O) groups excluding carboxylic acids is 1. The number of carbonyl (C=O) groups is 1. The summed E-state index contributed by atoms with van der Waals surface area (Å²) in [5.74, 6) is -0.302. The van der Waals surface area contributed by atoms with E-state index in [4.69, 9.17) is 11.6 Å². The zero-order chi connectivity index (χ0) is 20.1. The molecule has 1 N–H and O–H groups in total. The molecule has 0 bridgehead atoms. The van der Waals surface area contributed by atoms with Gasteiger partial charge in [0.05, 0.1) is 16.5 Å². The quantitative estimate of drug-likeness (QED) is 0.507. The molecule has 1 fully saturated rings. The summed E-state index contributed by atoms with van der Waals surface area (Å²) in [6, 6.07) is 12.2. The highest BCUT2D eigenvalue weighted by Crippen LogP contribution is 2.36. The molecule has 0 saturated carbocycles. The maximum absolute atomic E-state index is 12.5. The fourth-order valence-corrected chi connectivity index (χ4v) is 4.60. The third-order valence-electron chi connectivity index (χ3n) is 4.85. The third kappa shape index (κ3) is 5.04. The number of likely N-dealkylation sites (tertiary alicyclic amines) is 1. The van der Waals surface area contributed by atoms with Crippen LogP contribution in [0.5, 0.6) is 0 Å². The van der Waals surface area contributed by atoms with Gasteiger partial charge in [-0.3, -0.25) is 19.8 Å². The van der Waals surface area contributed by atoms with Gasteiger partial charge < -0.3 is 5.32 Å². The van der Waals surface area contributed by atoms with Crippen molar-refractivity contribution in [1.82, 2.24) is 10.2 Å². The van der Waals surface area contributed by atoms with Gasteiger partial charge in [0.1, 0.15) is 0 Å². The maximum Gasteiger partial charge on any atom is 0.284 e. The summed E-state index contributed by atoms with van der Waals surface area (Å²) in [4.78, 5) is 27.1. The molecule has 148 valence electrons. The molecule has 3 rings (SSSR count). The second-order valence-corrected chi connectivity index (χ2v) is 8.23. The maximum atomic E-state index is 12.5. The number of halogens is 1. The zero-order valence-corrected chi connectivity index (χ0v) is 17.1. The van der Waals surface area contributed by atoms with Gasteiger partial charge in [-0.25, -0.2) is 0 Å². The van der Waals surface area contributed by atoms with E-state index in [9.17, 15) is 14.9 Å². The monoisotopic (exact) mass is 419 g/mol. The van der Waals surface area contributed by atoms with Gasteiger partial charge in [0.2, 0.25) is 0 Å². The lowest BCUT2D eigenvalue weighted by molar-refractivity contribution is -0.387. The summed E-state index contributed by atoms with van der Waals surface area (Å²) in [5, 5.41) is 15.0. The summed E-state index contributed by atoms with van der Waals surface area (Å²) < 4.78 is 0. The first-order chi connectivity index (χ1) is 13.5. The summed E-state index contributed by atoms with van der Waals surface area (Å²) in [6.45, 7) is 3.57. The Kier molecular flexibility index (Phi) is 6.93. The van der Waals surface area contributed by atoms with E-state index in [2.05, 4.69) is 17.1 Å². The van der Waals surface area contributed by atoms with Crippen molar-refractivity contribution in [1.29, 1.82) is 0 Å². The van der Waals surface area contributed by atoms with Crippen molar-refractivity contribution < 1.29 is 9.72 Å². The number of amides is 1. The van der Waals surface area contributed by atoms with Crippen molar-refractivity contribution in [2.45, 2.75) is 42.0 Å². The lowest BCUT2D eigenvalue weighted by atomic mass is 10.2. The Morgan fingerprint density at radius 2 is 2.18 bits per heavy atom. The van der Waals surface area contributed by atoms with Crippen LogP contribution < -0.4 is 5.32 Å². The molecule has 1 amide bonds. The fourth-order valence-electron chi connectivity index (χ4n) is 3.39. The number of hydrogen-bond donors (Lipinski definition) is 1. The van der Waals surface area contributed by atoms with E-state index in [1.54, 1.807) is 30.3 Å². The molecule has 6 nitrogen and oxygen atoms in total. The normalized spacial score (nSPS) is 16.9. The van der Waals surface area contributed by atoms with E-state index >= 15 is 0 Å².